The molecular formula is C15H7ClF5N3OS. The van der Waals surface area contributed by atoms with Gasteiger partial charge in [-0.2, -0.15) is 5.10 Å². The van der Waals surface area contributed by atoms with E-state index in [1.165, 1.54) is 16.9 Å². The Labute approximate surface area is 151 Å². The molecule has 2 heterocycles. The van der Waals surface area contributed by atoms with Gasteiger partial charge in [-0.3, -0.25) is 9.48 Å². The maximum Gasteiger partial charge on any atom is 0.265 e. The standard InChI is InChI=1S/C15H7ClF5N3OS/c16-7-2-22-24(4-7)3-6-1-8(26-5-6)15(25)23-14-12(20)10(18)9(17)11(19)13(14)21/h1-2,4-5H,3H2,(H,23,25). The summed E-state index contributed by atoms with van der Waals surface area (Å²) in [6, 6.07) is 1.40. The fraction of sp³-hybridized carbons (Fsp3) is 0.0667. The molecule has 2 aromatic heterocycles. The summed E-state index contributed by atoms with van der Waals surface area (Å²) >= 11 is 6.67. The van der Waals surface area contributed by atoms with E-state index in [0.29, 0.717) is 10.6 Å². The van der Waals surface area contributed by atoms with Crippen LogP contribution in [0.4, 0.5) is 27.6 Å². The fourth-order valence-corrected chi connectivity index (χ4v) is 3.03. The molecule has 4 nitrogen and oxygen atoms in total. The van der Waals surface area contributed by atoms with Crippen LogP contribution in [0.15, 0.2) is 23.8 Å². The molecule has 0 saturated carbocycles. The summed E-state index contributed by atoms with van der Waals surface area (Å²) in [6.07, 6.45) is 2.97. The zero-order chi connectivity index (χ0) is 19.0. The molecule has 0 aliphatic heterocycles. The summed E-state index contributed by atoms with van der Waals surface area (Å²) in [5, 5.41) is 7.68. The van der Waals surface area contributed by atoms with Crippen LogP contribution in [0.5, 0.6) is 0 Å². The van der Waals surface area contributed by atoms with Crippen molar-refractivity contribution in [2.75, 3.05) is 5.32 Å². The number of thiophene rings is 1. The Kier molecular flexibility index (Phi) is 4.97. The SMILES string of the molecule is O=C(Nc1c(F)c(F)c(F)c(F)c1F)c1cc(Cn2cc(Cl)cn2)cs1. The van der Waals surface area contributed by atoms with E-state index in [9.17, 15) is 26.7 Å². The van der Waals surface area contributed by atoms with Gasteiger partial charge >= 0.3 is 0 Å². The molecule has 0 radical (unpaired) electrons. The number of nitrogens with one attached hydrogen (secondary N) is 1. The number of benzene rings is 1. The van der Waals surface area contributed by atoms with Gasteiger partial charge in [-0.25, -0.2) is 22.0 Å². The molecule has 0 fully saturated rings. The molecule has 3 rings (SSSR count). The van der Waals surface area contributed by atoms with Crippen LogP contribution in [-0.4, -0.2) is 15.7 Å². The van der Waals surface area contributed by atoms with Crippen molar-refractivity contribution in [2.45, 2.75) is 6.54 Å². The molecule has 1 amide bonds. The van der Waals surface area contributed by atoms with Crippen molar-refractivity contribution in [1.29, 1.82) is 0 Å². The van der Waals surface area contributed by atoms with E-state index in [1.54, 1.807) is 16.9 Å². The van der Waals surface area contributed by atoms with Gasteiger partial charge < -0.3 is 5.32 Å². The highest BCUT2D eigenvalue weighted by Crippen LogP contribution is 2.28. The first-order valence-corrected chi connectivity index (χ1v) is 8.12. The third kappa shape index (κ3) is 3.42. The van der Waals surface area contributed by atoms with Crippen LogP contribution >= 0.6 is 22.9 Å². The van der Waals surface area contributed by atoms with Crippen molar-refractivity contribution in [3.8, 4) is 0 Å². The fourth-order valence-electron chi connectivity index (χ4n) is 2.08. The van der Waals surface area contributed by atoms with Crippen LogP contribution < -0.4 is 5.32 Å². The van der Waals surface area contributed by atoms with Crippen LogP contribution in [0.2, 0.25) is 5.02 Å². The van der Waals surface area contributed by atoms with E-state index in [2.05, 4.69) is 5.10 Å². The molecule has 0 atom stereocenters. The molecular weight excluding hydrogens is 401 g/mol. The van der Waals surface area contributed by atoms with Crippen molar-refractivity contribution in [1.82, 2.24) is 9.78 Å². The second kappa shape index (κ2) is 7.04. The number of hydrogen-bond donors (Lipinski definition) is 1. The first-order valence-electron chi connectivity index (χ1n) is 6.86. The summed E-state index contributed by atoms with van der Waals surface area (Å²) in [5.74, 6) is -11.8. The van der Waals surface area contributed by atoms with Gasteiger partial charge in [0.25, 0.3) is 5.91 Å². The van der Waals surface area contributed by atoms with Gasteiger partial charge in [-0.15, -0.1) is 11.3 Å². The normalized spacial score (nSPS) is 11.0. The van der Waals surface area contributed by atoms with Gasteiger partial charge in [-0.1, -0.05) is 11.6 Å². The zero-order valence-corrected chi connectivity index (χ0v) is 14.1. The minimum absolute atomic E-state index is 0.0159. The number of amides is 1. The molecule has 136 valence electrons. The van der Waals surface area contributed by atoms with E-state index in [1.807, 2.05) is 0 Å². The van der Waals surface area contributed by atoms with Gasteiger partial charge in [0.2, 0.25) is 5.82 Å². The van der Waals surface area contributed by atoms with Crippen LogP contribution in [0, 0.1) is 29.1 Å². The lowest BCUT2D eigenvalue weighted by molar-refractivity contribution is 0.102. The molecule has 26 heavy (non-hydrogen) atoms. The number of carbonyl (C=O) groups excluding carboxylic acids is 1. The molecule has 0 aliphatic carbocycles. The largest absolute Gasteiger partial charge is 0.316 e. The smallest absolute Gasteiger partial charge is 0.265 e. The lowest BCUT2D eigenvalue weighted by Gasteiger charge is -2.09. The molecule has 3 aromatic rings. The monoisotopic (exact) mass is 407 g/mol. The van der Waals surface area contributed by atoms with Gasteiger partial charge in [0.05, 0.1) is 22.6 Å². The highest BCUT2D eigenvalue weighted by atomic mass is 35.5. The van der Waals surface area contributed by atoms with Crippen LogP contribution in [0.25, 0.3) is 0 Å². The summed E-state index contributed by atoms with van der Waals surface area (Å²) in [7, 11) is 0. The predicted octanol–water partition coefficient (Wildman–Crippen LogP) is 4.59. The second-order valence-electron chi connectivity index (χ2n) is 5.07. The first kappa shape index (κ1) is 18.3. The Bertz CT molecular complexity index is 974. The van der Waals surface area contributed by atoms with Crippen LogP contribution in [0.1, 0.15) is 15.2 Å². The number of rotatable bonds is 4. The number of halogens is 6. The third-order valence-electron chi connectivity index (χ3n) is 3.27. The number of nitrogens with zero attached hydrogens (tertiary/aromatic N) is 2. The van der Waals surface area contributed by atoms with E-state index >= 15 is 0 Å². The molecule has 0 saturated heterocycles. The number of anilines is 1. The Balaban J connectivity index is 1.81. The molecule has 0 bridgehead atoms. The minimum atomic E-state index is -2.30. The maximum absolute atomic E-state index is 13.6. The second-order valence-corrected chi connectivity index (χ2v) is 6.42. The number of carbonyl (C=O) groups is 1. The quantitative estimate of drug-likeness (QED) is 0.390. The molecule has 0 aliphatic rings. The van der Waals surface area contributed by atoms with Gasteiger partial charge in [-0.05, 0) is 17.0 Å². The van der Waals surface area contributed by atoms with E-state index in [4.69, 9.17) is 11.6 Å². The topological polar surface area (TPSA) is 46.9 Å². The van der Waals surface area contributed by atoms with Crippen molar-refractivity contribution < 1.29 is 26.7 Å². The van der Waals surface area contributed by atoms with Gasteiger partial charge in [0.15, 0.2) is 23.3 Å². The zero-order valence-electron chi connectivity index (χ0n) is 12.5. The summed E-state index contributed by atoms with van der Waals surface area (Å²) in [4.78, 5) is 12.1. The summed E-state index contributed by atoms with van der Waals surface area (Å²) in [6.45, 7) is 0.277. The maximum atomic E-state index is 13.6. The van der Waals surface area contributed by atoms with Gasteiger partial charge in [0, 0.05) is 6.20 Å². The lowest BCUT2D eigenvalue weighted by Crippen LogP contribution is -2.16. The highest BCUT2D eigenvalue weighted by Gasteiger charge is 2.27. The molecule has 0 spiro atoms. The van der Waals surface area contributed by atoms with Crippen molar-refractivity contribution in [3.05, 3.63) is 68.4 Å². The molecule has 1 N–H and O–H groups in total. The van der Waals surface area contributed by atoms with Crippen molar-refractivity contribution >= 4 is 34.5 Å². The number of hydrogen-bond acceptors (Lipinski definition) is 3. The summed E-state index contributed by atoms with van der Waals surface area (Å²) in [5.41, 5.74) is -0.766. The van der Waals surface area contributed by atoms with Crippen molar-refractivity contribution in [3.63, 3.8) is 0 Å². The van der Waals surface area contributed by atoms with Crippen LogP contribution in [-0.2, 0) is 6.54 Å². The predicted molar refractivity (Wildman–Crippen MR) is 84.8 cm³/mol. The van der Waals surface area contributed by atoms with E-state index in [-0.39, 0.29) is 11.4 Å². The van der Waals surface area contributed by atoms with E-state index in [0.717, 1.165) is 11.3 Å². The first-order chi connectivity index (χ1) is 12.3. The van der Waals surface area contributed by atoms with Gasteiger partial charge in [0.1, 0.15) is 5.69 Å². The Morgan fingerprint density at radius 1 is 1.12 bits per heavy atom. The molecule has 0 unspecified atom stereocenters. The van der Waals surface area contributed by atoms with Crippen molar-refractivity contribution in [2.24, 2.45) is 0 Å². The van der Waals surface area contributed by atoms with E-state index < -0.39 is 40.7 Å². The minimum Gasteiger partial charge on any atom is -0.316 e. The average molecular weight is 408 g/mol. The highest BCUT2D eigenvalue weighted by molar-refractivity contribution is 7.12. The Morgan fingerprint density at radius 3 is 2.31 bits per heavy atom. The average Bonchev–Trinajstić information content (AvgIpc) is 3.24. The third-order valence-corrected chi connectivity index (χ3v) is 4.45. The Hall–Kier alpha value is -2.46. The summed E-state index contributed by atoms with van der Waals surface area (Å²) < 4.78 is 68.1. The Morgan fingerprint density at radius 2 is 1.73 bits per heavy atom. The van der Waals surface area contributed by atoms with Crippen LogP contribution in [0.3, 0.4) is 0 Å². The molecule has 1 aromatic carbocycles. The lowest BCUT2D eigenvalue weighted by atomic mass is 10.2. The molecule has 11 heteroatoms. The number of aromatic nitrogens is 2.